The Morgan fingerprint density at radius 1 is 1.19 bits per heavy atom. The lowest BCUT2D eigenvalue weighted by atomic mass is 9.86. The highest BCUT2D eigenvalue weighted by molar-refractivity contribution is 7.89. The monoisotopic (exact) mass is 397 g/mol. The predicted molar refractivity (Wildman–Crippen MR) is 102 cm³/mol. The molecule has 0 atom stereocenters. The van der Waals surface area contributed by atoms with E-state index in [-0.39, 0.29) is 16.9 Å². The van der Waals surface area contributed by atoms with Crippen LogP contribution in [0.1, 0.15) is 45.4 Å². The van der Waals surface area contributed by atoms with Gasteiger partial charge >= 0.3 is 12.0 Å². The third kappa shape index (κ3) is 6.51. The number of amides is 2. The van der Waals surface area contributed by atoms with Gasteiger partial charge in [0.25, 0.3) is 0 Å². The molecule has 1 fully saturated rings. The Morgan fingerprint density at radius 2 is 1.89 bits per heavy atom. The largest absolute Gasteiger partial charge is 0.481 e. The van der Waals surface area contributed by atoms with Gasteiger partial charge in [0.05, 0.1) is 10.8 Å². The molecule has 1 aromatic carbocycles. The molecule has 8 nitrogen and oxygen atoms in total. The first kappa shape index (κ1) is 21.2. The normalized spacial score (nSPS) is 20.0. The lowest BCUT2D eigenvalue weighted by Gasteiger charge is -2.26. The molecule has 2 rings (SSSR count). The van der Waals surface area contributed by atoms with Gasteiger partial charge in [-0.15, -0.1) is 0 Å². The number of carboxylic acid groups (broad SMARTS) is 1. The van der Waals surface area contributed by atoms with Crippen LogP contribution in [0.5, 0.6) is 0 Å². The highest BCUT2D eigenvalue weighted by Crippen LogP contribution is 2.24. The van der Waals surface area contributed by atoms with E-state index in [9.17, 15) is 18.0 Å². The summed E-state index contributed by atoms with van der Waals surface area (Å²) in [5.41, 5.74) is 0.380. The molecular weight excluding hydrogens is 370 g/mol. The van der Waals surface area contributed by atoms with Crippen LogP contribution in [0.15, 0.2) is 29.2 Å². The number of hydrogen-bond acceptors (Lipinski definition) is 4. The fourth-order valence-corrected chi connectivity index (χ4v) is 4.16. The zero-order valence-electron chi connectivity index (χ0n) is 15.4. The van der Waals surface area contributed by atoms with Crippen LogP contribution in [0.3, 0.4) is 0 Å². The van der Waals surface area contributed by atoms with Crippen LogP contribution in [-0.4, -0.2) is 38.1 Å². The average Bonchev–Trinajstić information content (AvgIpc) is 2.62. The Morgan fingerprint density at radius 3 is 2.52 bits per heavy atom. The number of sulfonamides is 1. The van der Waals surface area contributed by atoms with Crippen LogP contribution in [0, 0.1) is 5.92 Å². The standard InChI is InChI=1S/C18H27N3O5S/c1-2-3-11-19-27(25,26)16-6-4-5-15(12-16)21-18(24)20-14-9-7-13(8-10-14)17(22)23/h4-6,12-14,19H,2-3,7-11H2,1H3,(H,22,23)(H2,20,21,24). The summed E-state index contributed by atoms with van der Waals surface area (Å²) in [6.45, 7) is 2.35. The highest BCUT2D eigenvalue weighted by Gasteiger charge is 2.26. The summed E-state index contributed by atoms with van der Waals surface area (Å²) in [7, 11) is -3.61. The molecular formula is C18H27N3O5S. The van der Waals surface area contributed by atoms with Crippen LogP contribution in [0.4, 0.5) is 10.5 Å². The molecule has 1 aromatic rings. The molecule has 4 N–H and O–H groups in total. The molecule has 0 unspecified atom stereocenters. The third-order valence-electron chi connectivity index (χ3n) is 4.64. The van der Waals surface area contributed by atoms with Gasteiger partial charge < -0.3 is 15.7 Å². The average molecular weight is 397 g/mol. The van der Waals surface area contributed by atoms with Gasteiger partial charge in [-0.2, -0.15) is 0 Å². The Bertz CT molecular complexity index is 758. The zero-order valence-corrected chi connectivity index (χ0v) is 16.2. The predicted octanol–water partition coefficient (Wildman–Crippen LogP) is 2.53. The number of carbonyl (C=O) groups is 2. The second-order valence-corrected chi connectivity index (χ2v) is 8.53. The van der Waals surface area contributed by atoms with Crippen LogP contribution in [0.25, 0.3) is 0 Å². The number of anilines is 1. The van der Waals surface area contributed by atoms with E-state index >= 15 is 0 Å². The number of aliphatic carboxylic acids is 1. The van der Waals surface area contributed by atoms with Crippen molar-refractivity contribution >= 4 is 27.7 Å². The molecule has 0 heterocycles. The smallest absolute Gasteiger partial charge is 0.319 e. The molecule has 0 aliphatic heterocycles. The van der Waals surface area contributed by atoms with Crippen LogP contribution < -0.4 is 15.4 Å². The minimum absolute atomic E-state index is 0.0803. The molecule has 0 saturated heterocycles. The van der Waals surface area contributed by atoms with Crippen molar-refractivity contribution < 1.29 is 23.1 Å². The first-order chi connectivity index (χ1) is 12.8. The van der Waals surface area contributed by atoms with Crippen molar-refractivity contribution in [3.05, 3.63) is 24.3 Å². The topological polar surface area (TPSA) is 125 Å². The molecule has 1 aliphatic rings. The summed E-state index contributed by atoms with van der Waals surface area (Å²) in [4.78, 5) is 23.2. The van der Waals surface area contributed by atoms with Crippen LogP contribution in [0.2, 0.25) is 0 Å². The number of benzene rings is 1. The number of unbranched alkanes of at least 4 members (excludes halogenated alkanes) is 1. The minimum atomic E-state index is -3.61. The van der Waals surface area contributed by atoms with E-state index in [0.29, 0.717) is 37.9 Å². The van der Waals surface area contributed by atoms with Gasteiger partial charge in [0, 0.05) is 18.3 Å². The van der Waals surface area contributed by atoms with E-state index in [4.69, 9.17) is 5.11 Å². The summed E-state index contributed by atoms with van der Waals surface area (Å²) in [5.74, 6) is -1.13. The van der Waals surface area contributed by atoms with E-state index < -0.39 is 22.0 Å². The minimum Gasteiger partial charge on any atom is -0.481 e. The zero-order chi connectivity index (χ0) is 19.9. The number of rotatable bonds is 8. The summed E-state index contributed by atoms with van der Waals surface area (Å²) < 4.78 is 27.1. The van der Waals surface area contributed by atoms with Crippen molar-refractivity contribution in [1.29, 1.82) is 0 Å². The summed E-state index contributed by atoms with van der Waals surface area (Å²) in [6.07, 6.45) is 3.94. The summed E-state index contributed by atoms with van der Waals surface area (Å²) in [5, 5.41) is 14.5. The van der Waals surface area contributed by atoms with E-state index in [0.717, 1.165) is 12.8 Å². The third-order valence-corrected chi connectivity index (χ3v) is 6.09. The van der Waals surface area contributed by atoms with Crippen molar-refractivity contribution in [2.45, 2.75) is 56.4 Å². The van der Waals surface area contributed by atoms with Gasteiger partial charge in [-0.25, -0.2) is 17.9 Å². The van der Waals surface area contributed by atoms with Gasteiger partial charge in [0.2, 0.25) is 10.0 Å². The van der Waals surface area contributed by atoms with E-state index in [1.165, 1.54) is 12.1 Å². The van der Waals surface area contributed by atoms with Gasteiger partial charge in [-0.05, 0) is 50.3 Å². The fraction of sp³-hybridized carbons (Fsp3) is 0.556. The maximum Gasteiger partial charge on any atom is 0.319 e. The lowest BCUT2D eigenvalue weighted by Crippen LogP contribution is -2.41. The van der Waals surface area contributed by atoms with Crippen molar-refractivity contribution in [2.75, 3.05) is 11.9 Å². The second kappa shape index (κ2) is 9.70. The molecule has 0 spiro atoms. The Hall–Kier alpha value is -2.13. The fourth-order valence-electron chi connectivity index (χ4n) is 3.04. The second-order valence-electron chi connectivity index (χ2n) is 6.76. The first-order valence-electron chi connectivity index (χ1n) is 9.22. The Balaban J connectivity index is 1.90. The molecule has 0 radical (unpaired) electrons. The number of urea groups is 1. The van der Waals surface area contributed by atoms with Crippen LogP contribution in [-0.2, 0) is 14.8 Å². The lowest BCUT2D eigenvalue weighted by molar-refractivity contribution is -0.142. The van der Waals surface area contributed by atoms with Gasteiger partial charge in [-0.3, -0.25) is 4.79 Å². The van der Waals surface area contributed by atoms with E-state index in [1.54, 1.807) is 12.1 Å². The summed E-state index contributed by atoms with van der Waals surface area (Å²) >= 11 is 0. The Labute approximate surface area is 159 Å². The Kier molecular flexibility index (Phi) is 7.61. The SMILES string of the molecule is CCCCNS(=O)(=O)c1cccc(NC(=O)NC2CCC(C(=O)O)CC2)c1. The van der Waals surface area contributed by atoms with Gasteiger partial charge in [0.15, 0.2) is 0 Å². The first-order valence-corrected chi connectivity index (χ1v) is 10.7. The van der Waals surface area contributed by atoms with Crippen molar-refractivity contribution in [2.24, 2.45) is 5.92 Å². The maximum atomic E-state index is 12.3. The molecule has 27 heavy (non-hydrogen) atoms. The van der Waals surface area contributed by atoms with E-state index in [1.807, 2.05) is 6.92 Å². The van der Waals surface area contributed by atoms with Crippen molar-refractivity contribution in [3.63, 3.8) is 0 Å². The molecule has 2 amide bonds. The molecule has 150 valence electrons. The van der Waals surface area contributed by atoms with E-state index in [2.05, 4.69) is 15.4 Å². The highest BCUT2D eigenvalue weighted by atomic mass is 32.2. The number of hydrogen-bond donors (Lipinski definition) is 4. The molecule has 9 heteroatoms. The quantitative estimate of drug-likeness (QED) is 0.502. The van der Waals surface area contributed by atoms with Crippen LogP contribution >= 0.6 is 0 Å². The van der Waals surface area contributed by atoms with Gasteiger partial charge in [-0.1, -0.05) is 19.4 Å². The molecule has 0 bridgehead atoms. The maximum absolute atomic E-state index is 12.3. The molecule has 1 saturated carbocycles. The van der Waals surface area contributed by atoms with Crippen molar-refractivity contribution in [3.8, 4) is 0 Å². The number of carbonyl (C=O) groups excluding carboxylic acids is 1. The van der Waals surface area contributed by atoms with Gasteiger partial charge in [0.1, 0.15) is 0 Å². The number of nitrogens with one attached hydrogen (secondary N) is 3. The van der Waals surface area contributed by atoms with Crippen molar-refractivity contribution in [1.82, 2.24) is 10.0 Å². The summed E-state index contributed by atoms with van der Waals surface area (Å²) in [6, 6.07) is 5.57. The molecule has 0 aromatic heterocycles. The number of carboxylic acids is 1. The molecule has 1 aliphatic carbocycles.